The summed E-state index contributed by atoms with van der Waals surface area (Å²) in [6.07, 6.45) is -0.0744. The quantitative estimate of drug-likeness (QED) is 0.790. The Kier molecular flexibility index (Phi) is 4.00. The molecule has 18 heavy (non-hydrogen) atoms. The van der Waals surface area contributed by atoms with Gasteiger partial charge in [-0.3, -0.25) is 0 Å². The fraction of sp³-hybridized carbons (Fsp3) is 0.600. The van der Waals surface area contributed by atoms with E-state index >= 15 is 0 Å². The fourth-order valence-electron chi connectivity index (χ4n) is 2.58. The van der Waals surface area contributed by atoms with E-state index < -0.39 is 0 Å². The zero-order valence-corrected chi connectivity index (χ0v) is 12.2. The Labute approximate surface area is 114 Å². The third-order valence-electron chi connectivity index (χ3n) is 3.39. The van der Waals surface area contributed by atoms with E-state index in [1.165, 1.54) is 0 Å². The van der Waals surface area contributed by atoms with Gasteiger partial charge >= 0.3 is 0 Å². The Bertz CT molecular complexity index is 397. The zero-order chi connectivity index (χ0) is 13.3. The van der Waals surface area contributed by atoms with Crippen LogP contribution in [0.5, 0.6) is 0 Å². The molecule has 1 saturated heterocycles. The van der Waals surface area contributed by atoms with Crippen LogP contribution >= 0.6 is 11.6 Å². The normalized spacial score (nSPS) is 27.4. The Morgan fingerprint density at radius 3 is 2.39 bits per heavy atom. The standard InChI is InChI=1S/C15H21ClO2/c1-10(2)13-15(3,4)9-17-14(18-13)11-5-7-12(16)8-6-11/h5-8,10,13-14H,9H2,1-4H3/t13-,14-/m0/s1. The van der Waals surface area contributed by atoms with Gasteiger partial charge in [-0.1, -0.05) is 51.4 Å². The smallest absolute Gasteiger partial charge is 0.184 e. The van der Waals surface area contributed by atoms with E-state index in [1.807, 2.05) is 24.3 Å². The van der Waals surface area contributed by atoms with Gasteiger partial charge in [-0.25, -0.2) is 0 Å². The Morgan fingerprint density at radius 1 is 1.22 bits per heavy atom. The van der Waals surface area contributed by atoms with E-state index in [-0.39, 0.29) is 17.8 Å². The lowest BCUT2D eigenvalue weighted by Gasteiger charge is -2.44. The van der Waals surface area contributed by atoms with Crippen LogP contribution in [0.4, 0.5) is 0 Å². The molecule has 1 heterocycles. The molecule has 0 aromatic heterocycles. The van der Waals surface area contributed by atoms with Crippen molar-refractivity contribution in [1.29, 1.82) is 0 Å². The molecule has 0 amide bonds. The molecule has 1 fully saturated rings. The van der Waals surface area contributed by atoms with Gasteiger partial charge in [0.2, 0.25) is 0 Å². The van der Waals surface area contributed by atoms with E-state index in [4.69, 9.17) is 21.1 Å². The predicted octanol–water partition coefficient (Wildman–Crippen LogP) is 4.44. The topological polar surface area (TPSA) is 18.5 Å². The maximum Gasteiger partial charge on any atom is 0.184 e. The lowest BCUT2D eigenvalue weighted by Crippen LogP contribution is -2.45. The maximum absolute atomic E-state index is 6.12. The van der Waals surface area contributed by atoms with Gasteiger partial charge in [-0.15, -0.1) is 0 Å². The van der Waals surface area contributed by atoms with E-state index in [1.54, 1.807) is 0 Å². The first kappa shape index (κ1) is 13.9. The Morgan fingerprint density at radius 2 is 1.83 bits per heavy atom. The predicted molar refractivity (Wildman–Crippen MR) is 73.6 cm³/mol. The third kappa shape index (κ3) is 2.87. The van der Waals surface area contributed by atoms with Crippen molar-refractivity contribution >= 4 is 11.6 Å². The second-order valence-corrected chi connectivity index (χ2v) is 6.42. The molecule has 1 aliphatic heterocycles. The fourth-order valence-corrected chi connectivity index (χ4v) is 2.71. The van der Waals surface area contributed by atoms with E-state index in [0.717, 1.165) is 10.6 Å². The van der Waals surface area contributed by atoms with E-state index in [0.29, 0.717) is 12.5 Å². The summed E-state index contributed by atoms with van der Waals surface area (Å²) < 4.78 is 12.0. The highest BCUT2D eigenvalue weighted by Crippen LogP contribution is 2.39. The number of hydrogen-bond donors (Lipinski definition) is 0. The van der Waals surface area contributed by atoms with Crippen molar-refractivity contribution in [3.63, 3.8) is 0 Å². The number of benzene rings is 1. The average Bonchev–Trinajstić information content (AvgIpc) is 2.29. The van der Waals surface area contributed by atoms with Crippen LogP contribution in [0, 0.1) is 11.3 Å². The first-order valence-corrected chi connectivity index (χ1v) is 6.80. The Hall–Kier alpha value is -0.570. The second kappa shape index (κ2) is 5.20. The maximum atomic E-state index is 6.12. The molecule has 0 aliphatic carbocycles. The monoisotopic (exact) mass is 268 g/mol. The molecule has 100 valence electrons. The summed E-state index contributed by atoms with van der Waals surface area (Å²) in [6, 6.07) is 7.66. The molecule has 2 rings (SSSR count). The van der Waals surface area contributed by atoms with Crippen molar-refractivity contribution in [2.45, 2.75) is 40.1 Å². The number of rotatable bonds is 2. The van der Waals surface area contributed by atoms with Gasteiger partial charge in [-0.05, 0) is 18.1 Å². The summed E-state index contributed by atoms with van der Waals surface area (Å²) >= 11 is 5.89. The molecule has 1 aromatic rings. The third-order valence-corrected chi connectivity index (χ3v) is 3.65. The molecule has 0 N–H and O–H groups in total. The molecular formula is C15H21ClO2. The second-order valence-electron chi connectivity index (χ2n) is 5.98. The molecule has 0 saturated carbocycles. The van der Waals surface area contributed by atoms with Crippen LogP contribution in [0.1, 0.15) is 39.5 Å². The number of hydrogen-bond acceptors (Lipinski definition) is 2. The van der Waals surface area contributed by atoms with Gasteiger partial charge in [0, 0.05) is 16.0 Å². The van der Waals surface area contributed by atoms with Crippen LogP contribution in [0.25, 0.3) is 0 Å². The van der Waals surface area contributed by atoms with Crippen molar-refractivity contribution in [3.8, 4) is 0 Å². The van der Waals surface area contributed by atoms with Gasteiger partial charge < -0.3 is 9.47 Å². The molecule has 3 heteroatoms. The van der Waals surface area contributed by atoms with Gasteiger partial charge in [0.25, 0.3) is 0 Å². The molecule has 0 spiro atoms. The summed E-state index contributed by atoms with van der Waals surface area (Å²) in [5.41, 5.74) is 1.08. The number of halogens is 1. The van der Waals surface area contributed by atoms with Crippen LogP contribution in [0.2, 0.25) is 5.02 Å². The lowest BCUT2D eigenvalue weighted by atomic mass is 9.80. The zero-order valence-electron chi connectivity index (χ0n) is 11.4. The van der Waals surface area contributed by atoms with Crippen LogP contribution < -0.4 is 0 Å². The largest absolute Gasteiger partial charge is 0.348 e. The molecule has 0 unspecified atom stereocenters. The summed E-state index contributed by atoms with van der Waals surface area (Å²) in [4.78, 5) is 0. The van der Waals surface area contributed by atoms with Crippen LogP contribution in [0.15, 0.2) is 24.3 Å². The molecule has 2 nitrogen and oxygen atoms in total. The van der Waals surface area contributed by atoms with Gasteiger partial charge in [0.05, 0.1) is 12.7 Å². The van der Waals surface area contributed by atoms with Gasteiger partial charge in [0.1, 0.15) is 0 Å². The van der Waals surface area contributed by atoms with Crippen molar-refractivity contribution in [3.05, 3.63) is 34.9 Å². The van der Waals surface area contributed by atoms with Gasteiger partial charge in [-0.2, -0.15) is 0 Å². The Balaban J connectivity index is 2.15. The molecule has 1 aromatic carbocycles. The van der Waals surface area contributed by atoms with E-state index in [9.17, 15) is 0 Å². The summed E-state index contributed by atoms with van der Waals surface area (Å²) in [5.74, 6) is 0.471. The highest BCUT2D eigenvalue weighted by atomic mass is 35.5. The summed E-state index contributed by atoms with van der Waals surface area (Å²) in [5, 5.41) is 0.732. The lowest BCUT2D eigenvalue weighted by molar-refractivity contribution is -0.274. The van der Waals surface area contributed by atoms with Crippen LogP contribution in [-0.2, 0) is 9.47 Å². The van der Waals surface area contributed by atoms with Gasteiger partial charge in [0.15, 0.2) is 6.29 Å². The molecule has 0 radical (unpaired) electrons. The minimum absolute atomic E-state index is 0.0527. The first-order valence-electron chi connectivity index (χ1n) is 6.43. The average molecular weight is 269 g/mol. The van der Waals surface area contributed by atoms with Crippen LogP contribution in [0.3, 0.4) is 0 Å². The summed E-state index contributed by atoms with van der Waals surface area (Å²) in [7, 11) is 0. The number of ether oxygens (including phenoxy) is 2. The summed E-state index contributed by atoms with van der Waals surface area (Å²) in [6.45, 7) is 9.47. The minimum Gasteiger partial charge on any atom is -0.348 e. The van der Waals surface area contributed by atoms with Crippen molar-refractivity contribution in [2.24, 2.45) is 11.3 Å². The molecule has 1 aliphatic rings. The highest BCUT2D eigenvalue weighted by Gasteiger charge is 2.40. The van der Waals surface area contributed by atoms with Crippen molar-refractivity contribution in [2.75, 3.05) is 6.61 Å². The SMILES string of the molecule is CC(C)[C@@H]1O[C@@H](c2ccc(Cl)cc2)OCC1(C)C. The molecule has 0 bridgehead atoms. The van der Waals surface area contributed by atoms with Crippen molar-refractivity contribution < 1.29 is 9.47 Å². The van der Waals surface area contributed by atoms with E-state index in [2.05, 4.69) is 27.7 Å². The molecule has 2 atom stereocenters. The van der Waals surface area contributed by atoms with Crippen molar-refractivity contribution in [1.82, 2.24) is 0 Å². The molecular weight excluding hydrogens is 248 g/mol. The highest BCUT2D eigenvalue weighted by molar-refractivity contribution is 6.30. The van der Waals surface area contributed by atoms with Crippen LogP contribution in [-0.4, -0.2) is 12.7 Å². The first-order chi connectivity index (χ1) is 8.40. The minimum atomic E-state index is -0.275.